The van der Waals surface area contributed by atoms with Crippen molar-refractivity contribution in [3.05, 3.63) is 0 Å². The van der Waals surface area contributed by atoms with E-state index in [0.717, 1.165) is 25.9 Å². The summed E-state index contributed by atoms with van der Waals surface area (Å²) >= 11 is 0. The number of urea groups is 1. The maximum Gasteiger partial charge on any atom is 0.315 e. The van der Waals surface area contributed by atoms with Crippen LogP contribution in [0, 0.1) is 5.41 Å². The van der Waals surface area contributed by atoms with Crippen LogP contribution < -0.4 is 10.6 Å². The van der Waals surface area contributed by atoms with Gasteiger partial charge in [0.05, 0.1) is 6.10 Å². The lowest BCUT2D eigenvalue weighted by Crippen LogP contribution is -2.68. The summed E-state index contributed by atoms with van der Waals surface area (Å²) < 4.78 is 5.77. The first kappa shape index (κ1) is 11.3. The number of hydrogen-bond acceptors (Lipinski definition) is 2. The number of amides is 2. The first-order valence-corrected chi connectivity index (χ1v) is 6.93. The summed E-state index contributed by atoms with van der Waals surface area (Å²) in [7, 11) is 0. The molecule has 1 spiro atoms. The molecule has 3 fully saturated rings. The average molecular weight is 238 g/mol. The number of carbonyl (C=O) groups is 1. The average Bonchev–Trinajstić information content (AvgIpc) is 2.97. The zero-order chi connectivity index (χ0) is 11.9. The summed E-state index contributed by atoms with van der Waals surface area (Å²) in [6, 6.07) is 0.806. The van der Waals surface area contributed by atoms with E-state index in [1.165, 1.54) is 19.3 Å². The molecule has 0 aliphatic heterocycles. The van der Waals surface area contributed by atoms with Crippen molar-refractivity contribution in [1.29, 1.82) is 0 Å². The maximum absolute atomic E-state index is 11.7. The van der Waals surface area contributed by atoms with Crippen molar-refractivity contribution in [3.8, 4) is 0 Å². The summed E-state index contributed by atoms with van der Waals surface area (Å²) in [6.45, 7) is 2.83. The zero-order valence-electron chi connectivity index (χ0n) is 10.5. The smallest absolute Gasteiger partial charge is 0.315 e. The molecule has 3 aliphatic carbocycles. The first-order valence-electron chi connectivity index (χ1n) is 6.93. The number of carbonyl (C=O) groups excluding carboxylic acids is 1. The van der Waals surface area contributed by atoms with Crippen molar-refractivity contribution in [2.75, 3.05) is 6.61 Å². The highest BCUT2D eigenvalue weighted by Crippen LogP contribution is 2.57. The van der Waals surface area contributed by atoms with Gasteiger partial charge in [0.2, 0.25) is 0 Å². The molecular formula is C13H22N2O2. The maximum atomic E-state index is 11.7. The van der Waals surface area contributed by atoms with Crippen LogP contribution >= 0.6 is 0 Å². The first-order chi connectivity index (χ1) is 8.24. The van der Waals surface area contributed by atoms with E-state index in [4.69, 9.17) is 4.74 Å². The fraction of sp³-hybridized carbons (Fsp3) is 0.923. The van der Waals surface area contributed by atoms with Crippen molar-refractivity contribution in [2.24, 2.45) is 5.41 Å². The summed E-state index contributed by atoms with van der Waals surface area (Å²) in [5.41, 5.74) is 0.275. The largest absolute Gasteiger partial charge is 0.378 e. The third kappa shape index (κ3) is 1.92. The van der Waals surface area contributed by atoms with Crippen LogP contribution in [0.4, 0.5) is 4.79 Å². The molecule has 3 rings (SSSR count). The van der Waals surface area contributed by atoms with Gasteiger partial charge >= 0.3 is 6.03 Å². The quantitative estimate of drug-likeness (QED) is 0.784. The van der Waals surface area contributed by atoms with Gasteiger partial charge in [-0.15, -0.1) is 0 Å². The van der Waals surface area contributed by atoms with Crippen molar-refractivity contribution in [2.45, 2.75) is 63.6 Å². The highest BCUT2D eigenvalue weighted by atomic mass is 16.5. The SMILES string of the molecule is CCOC1CC(NC(=O)NC2CC2)C12CCC2. The van der Waals surface area contributed by atoms with Crippen molar-refractivity contribution >= 4 is 6.03 Å². The Morgan fingerprint density at radius 2 is 2.12 bits per heavy atom. The second-order valence-corrected chi connectivity index (χ2v) is 5.71. The minimum absolute atomic E-state index is 0.0266. The Kier molecular flexibility index (Phi) is 2.77. The van der Waals surface area contributed by atoms with Crippen LogP contribution in [0.5, 0.6) is 0 Å². The van der Waals surface area contributed by atoms with Crippen LogP contribution in [-0.2, 0) is 4.74 Å². The Bertz CT molecular complexity index is 311. The molecule has 3 saturated carbocycles. The van der Waals surface area contributed by atoms with Crippen LogP contribution in [0.15, 0.2) is 0 Å². The van der Waals surface area contributed by atoms with E-state index in [1.807, 2.05) is 6.92 Å². The Balaban J connectivity index is 1.52. The monoisotopic (exact) mass is 238 g/mol. The minimum atomic E-state index is 0.0266. The molecule has 2 amide bonds. The van der Waals surface area contributed by atoms with Gasteiger partial charge in [-0.1, -0.05) is 6.42 Å². The highest BCUT2D eigenvalue weighted by molar-refractivity contribution is 5.75. The Hall–Kier alpha value is -0.770. The van der Waals surface area contributed by atoms with Crippen LogP contribution in [0.2, 0.25) is 0 Å². The lowest BCUT2D eigenvalue weighted by Gasteiger charge is -2.60. The molecule has 0 aromatic rings. The van der Waals surface area contributed by atoms with E-state index in [2.05, 4.69) is 10.6 Å². The molecule has 2 unspecified atom stereocenters. The van der Waals surface area contributed by atoms with E-state index >= 15 is 0 Å². The molecule has 17 heavy (non-hydrogen) atoms. The van der Waals surface area contributed by atoms with Gasteiger partial charge in [-0.25, -0.2) is 4.79 Å². The topological polar surface area (TPSA) is 50.4 Å². The van der Waals surface area contributed by atoms with Crippen molar-refractivity contribution in [3.63, 3.8) is 0 Å². The molecule has 2 atom stereocenters. The van der Waals surface area contributed by atoms with E-state index in [0.29, 0.717) is 18.2 Å². The number of rotatable bonds is 4. The fourth-order valence-corrected chi connectivity index (χ4v) is 3.25. The standard InChI is InChI=1S/C13H22N2O2/c1-2-17-11-8-10(13(11)6-3-7-13)15-12(16)14-9-4-5-9/h9-11H,2-8H2,1H3,(H2,14,15,16). The summed E-state index contributed by atoms with van der Waals surface area (Å²) in [5, 5.41) is 6.13. The Morgan fingerprint density at radius 1 is 1.35 bits per heavy atom. The van der Waals surface area contributed by atoms with Crippen molar-refractivity contribution < 1.29 is 9.53 Å². The third-order valence-electron chi connectivity index (χ3n) is 4.66. The normalized spacial score (nSPS) is 33.7. The van der Waals surface area contributed by atoms with Gasteiger partial charge in [-0.2, -0.15) is 0 Å². The van der Waals surface area contributed by atoms with Gasteiger partial charge in [-0.3, -0.25) is 0 Å². The predicted molar refractivity (Wildman–Crippen MR) is 64.8 cm³/mol. The minimum Gasteiger partial charge on any atom is -0.378 e. The predicted octanol–water partition coefficient (Wildman–Crippen LogP) is 1.80. The van der Waals surface area contributed by atoms with Gasteiger partial charge in [0.15, 0.2) is 0 Å². The Morgan fingerprint density at radius 3 is 2.65 bits per heavy atom. The van der Waals surface area contributed by atoms with Gasteiger partial charge in [0.1, 0.15) is 0 Å². The van der Waals surface area contributed by atoms with Crippen molar-refractivity contribution in [1.82, 2.24) is 10.6 Å². The number of ether oxygens (including phenoxy) is 1. The molecule has 4 nitrogen and oxygen atoms in total. The second-order valence-electron chi connectivity index (χ2n) is 5.71. The fourth-order valence-electron chi connectivity index (χ4n) is 3.25. The highest BCUT2D eigenvalue weighted by Gasteiger charge is 2.59. The van der Waals surface area contributed by atoms with E-state index in [1.54, 1.807) is 0 Å². The molecule has 96 valence electrons. The van der Waals surface area contributed by atoms with Crippen LogP contribution in [0.25, 0.3) is 0 Å². The lowest BCUT2D eigenvalue weighted by molar-refractivity contribution is -0.169. The van der Waals surface area contributed by atoms with Crippen LogP contribution in [-0.4, -0.2) is 30.8 Å². The zero-order valence-corrected chi connectivity index (χ0v) is 10.5. The van der Waals surface area contributed by atoms with E-state index in [-0.39, 0.29) is 11.4 Å². The summed E-state index contributed by atoms with van der Waals surface area (Å²) in [5.74, 6) is 0. The number of nitrogens with one attached hydrogen (secondary N) is 2. The summed E-state index contributed by atoms with van der Waals surface area (Å²) in [6.07, 6.45) is 7.37. The van der Waals surface area contributed by atoms with E-state index in [9.17, 15) is 4.79 Å². The molecule has 0 bridgehead atoms. The molecule has 0 radical (unpaired) electrons. The molecule has 3 aliphatic rings. The molecule has 2 N–H and O–H groups in total. The van der Waals surface area contributed by atoms with Crippen LogP contribution in [0.1, 0.15) is 45.4 Å². The molecule has 4 heteroatoms. The number of hydrogen-bond donors (Lipinski definition) is 2. The van der Waals surface area contributed by atoms with Gasteiger partial charge in [0.25, 0.3) is 0 Å². The molecule has 0 aromatic carbocycles. The lowest BCUT2D eigenvalue weighted by atomic mass is 9.51. The Labute approximate surface area is 102 Å². The van der Waals surface area contributed by atoms with Crippen LogP contribution in [0.3, 0.4) is 0 Å². The second kappa shape index (κ2) is 4.16. The third-order valence-corrected chi connectivity index (χ3v) is 4.66. The molecular weight excluding hydrogens is 216 g/mol. The molecule has 0 heterocycles. The van der Waals surface area contributed by atoms with E-state index < -0.39 is 0 Å². The van der Waals surface area contributed by atoms with Gasteiger partial charge in [-0.05, 0) is 39.0 Å². The molecule has 0 aromatic heterocycles. The van der Waals surface area contributed by atoms with Gasteiger partial charge in [0, 0.05) is 24.1 Å². The van der Waals surface area contributed by atoms with Gasteiger partial charge < -0.3 is 15.4 Å². The summed E-state index contributed by atoms with van der Waals surface area (Å²) in [4.78, 5) is 11.7. The molecule has 0 saturated heterocycles.